The minimum Gasteiger partial charge on any atom is -0.472 e. The van der Waals surface area contributed by atoms with Crippen LogP contribution in [0, 0.1) is 0 Å². The molecule has 0 spiro atoms. The molecule has 0 N–H and O–H groups in total. The molecule has 0 aliphatic rings. The van der Waals surface area contributed by atoms with E-state index >= 15 is 0 Å². The molecule has 0 aromatic carbocycles. The average Bonchev–Trinajstić information content (AvgIpc) is 2.70. The third kappa shape index (κ3) is 3.68. The van der Waals surface area contributed by atoms with E-state index in [1.54, 1.807) is 6.08 Å². The Morgan fingerprint density at radius 3 is 2.50 bits per heavy atom. The Labute approximate surface area is 109 Å². The topological polar surface area (TPSA) is 57.4 Å². The number of hydrogen-bond donors (Lipinski definition) is 0. The molecule has 0 aliphatic heterocycles. The molecule has 0 unspecified atom stereocenters. The van der Waals surface area contributed by atoms with Gasteiger partial charge in [-0.2, -0.15) is 0 Å². The van der Waals surface area contributed by atoms with Gasteiger partial charge < -0.3 is 9.16 Å². The molecule has 18 heavy (non-hydrogen) atoms. The third-order valence-corrected chi connectivity index (χ3v) is 7.80. The first-order chi connectivity index (χ1) is 8.28. The van der Waals surface area contributed by atoms with E-state index in [2.05, 4.69) is 55.4 Å². The Balaban J connectivity index is 2.38. The maximum absolute atomic E-state index is 5.97. The van der Waals surface area contributed by atoms with Crippen LogP contribution in [0.4, 0.5) is 0 Å². The summed E-state index contributed by atoms with van der Waals surface area (Å²) in [7, 11) is -1.71. The van der Waals surface area contributed by atoms with Crippen LogP contribution in [0.3, 0.4) is 0 Å². The molecule has 1 rings (SSSR count). The summed E-state index contributed by atoms with van der Waals surface area (Å²) in [6.45, 7) is 15.6. The summed E-state index contributed by atoms with van der Waals surface area (Å²) in [4.78, 5) is 0. The lowest BCUT2D eigenvalue weighted by Crippen LogP contribution is -2.41. The lowest BCUT2D eigenvalue weighted by atomic mass is 10.2. The highest BCUT2D eigenvalue weighted by Gasteiger charge is 2.36. The lowest BCUT2D eigenvalue weighted by molar-refractivity contribution is 0.189. The normalized spacial score (nSPS) is 12.5. The van der Waals surface area contributed by atoms with Gasteiger partial charge in [0, 0.05) is 0 Å². The fraction of sp³-hybridized carbons (Fsp3) is 0.667. The van der Waals surface area contributed by atoms with Crippen molar-refractivity contribution in [3.63, 3.8) is 0 Å². The van der Waals surface area contributed by atoms with E-state index in [0.29, 0.717) is 24.8 Å². The summed E-state index contributed by atoms with van der Waals surface area (Å²) < 4.78 is 16.0. The van der Waals surface area contributed by atoms with Gasteiger partial charge in [-0.15, -0.1) is 0 Å². The standard InChI is InChI=1S/C12H22N2O3Si/c1-7-10-11(14-17-13-10)15-8-9-16-18(5,6)12(2,3)4/h7H,1,8-9H2,2-6H3. The van der Waals surface area contributed by atoms with Crippen LogP contribution < -0.4 is 4.74 Å². The maximum Gasteiger partial charge on any atom is 0.283 e. The van der Waals surface area contributed by atoms with E-state index in [1.165, 1.54) is 0 Å². The molecule has 1 aromatic rings. The van der Waals surface area contributed by atoms with Crippen molar-refractivity contribution < 1.29 is 13.8 Å². The Hall–Kier alpha value is -1.14. The van der Waals surface area contributed by atoms with Crippen LogP contribution in [0.5, 0.6) is 5.88 Å². The van der Waals surface area contributed by atoms with Gasteiger partial charge in [0.1, 0.15) is 6.61 Å². The number of hydrogen-bond acceptors (Lipinski definition) is 5. The van der Waals surface area contributed by atoms with Crippen molar-refractivity contribution in [2.75, 3.05) is 13.2 Å². The van der Waals surface area contributed by atoms with Gasteiger partial charge in [-0.3, -0.25) is 0 Å². The van der Waals surface area contributed by atoms with Crippen LogP contribution in [0.25, 0.3) is 6.08 Å². The largest absolute Gasteiger partial charge is 0.472 e. The molecule has 0 radical (unpaired) electrons. The SMILES string of the molecule is C=Cc1nonc1OCCO[Si](C)(C)C(C)(C)C. The first-order valence-electron chi connectivity index (χ1n) is 5.99. The average molecular weight is 270 g/mol. The van der Waals surface area contributed by atoms with Crippen molar-refractivity contribution in [3.8, 4) is 5.88 Å². The van der Waals surface area contributed by atoms with Gasteiger partial charge in [-0.05, 0) is 34.5 Å². The zero-order valence-electron chi connectivity index (χ0n) is 11.8. The number of aromatic nitrogens is 2. The molecule has 0 saturated heterocycles. The van der Waals surface area contributed by atoms with Crippen LogP contribution >= 0.6 is 0 Å². The van der Waals surface area contributed by atoms with Crippen LogP contribution in [0.2, 0.25) is 18.1 Å². The van der Waals surface area contributed by atoms with Crippen LogP contribution in [-0.2, 0) is 4.43 Å². The molecule has 0 atom stereocenters. The minimum atomic E-state index is -1.71. The molecule has 102 valence electrons. The van der Waals surface area contributed by atoms with Crippen LogP contribution in [-0.4, -0.2) is 31.8 Å². The summed E-state index contributed by atoms with van der Waals surface area (Å²) >= 11 is 0. The molecular weight excluding hydrogens is 248 g/mol. The molecule has 6 heteroatoms. The lowest BCUT2D eigenvalue weighted by Gasteiger charge is -2.36. The third-order valence-electron chi connectivity index (χ3n) is 3.27. The van der Waals surface area contributed by atoms with Crippen molar-refractivity contribution in [2.45, 2.75) is 38.9 Å². The predicted molar refractivity (Wildman–Crippen MR) is 73.0 cm³/mol. The summed E-state index contributed by atoms with van der Waals surface area (Å²) in [6, 6.07) is 0. The molecule has 0 fully saturated rings. The summed E-state index contributed by atoms with van der Waals surface area (Å²) in [5, 5.41) is 7.49. The summed E-state index contributed by atoms with van der Waals surface area (Å²) in [6.07, 6.45) is 1.54. The van der Waals surface area contributed by atoms with Crippen molar-refractivity contribution in [3.05, 3.63) is 12.3 Å². The molecule has 0 saturated carbocycles. The van der Waals surface area contributed by atoms with Gasteiger partial charge in [-0.25, -0.2) is 4.63 Å². The number of nitrogens with zero attached hydrogens (tertiary/aromatic N) is 2. The maximum atomic E-state index is 5.97. The second-order valence-electron chi connectivity index (χ2n) is 5.62. The summed E-state index contributed by atoms with van der Waals surface area (Å²) in [5.74, 6) is 0.365. The fourth-order valence-electron chi connectivity index (χ4n) is 1.06. The number of rotatable bonds is 6. The molecule has 1 heterocycles. The van der Waals surface area contributed by atoms with Gasteiger partial charge >= 0.3 is 0 Å². The summed E-state index contributed by atoms with van der Waals surface area (Å²) in [5.41, 5.74) is 0.516. The van der Waals surface area contributed by atoms with Crippen LogP contribution in [0.1, 0.15) is 26.5 Å². The van der Waals surface area contributed by atoms with E-state index in [1.807, 2.05) is 0 Å². The zero-order valence-corrected chi connectivity index (χ0v) is 12.8. The Bertz CT molecular complexity index is 396. The first kappa shape index (κ1) is 14.9. The molecule has 1 aromatic heterocycles. The van der Waals surface area contributed by atoms with Crippen molar-refractivity contribution in [1.29, 1.82) is 0 Å². The van der Waals surface area contributed by atoms with Gasteiger partial charge in [0.2, 0.25) is 0 Å². The van der Waals surface area contributed by atoms with Gasteiger partial charge in [0.05, 0.1) is 6.61 Å². The first-order valence-corrected chi connectivity index (χ1v) is 8.90. The Morgan fingerprint density at radius 1 is 1.28 bits per heavy atom. The molecule has 0 bridgehead atoms. The highest BCUT2D eigenvalue weighted by molar-refractivity contribution is 6.74. The van der Waals surface area contributed by atoms with Crippen molar-refractivity contribution in [2.24, 2.45) is 0 Å². The van der Waals surface area contributed by atoms with E-state index in [0.717, 1.165) is 0 Å². The van der Waals surface area contributed by atoms with Gasteiger partial charge in [0.25, 0.3) is 5.88 Å². The molecule has 0 amide bonds. The van der Waals surface area contributed by atoms with Gasteiger partial charge in [0.15, 0.2) is 14.0 Å². The monoisotopic (exact) mass is 270 g/mol. The second-order valence-corrected chi connectivity index (χ2v) is 10.4. The van der Waals surface area contributed by atoms with E-state index in [-0.39, 0.29) is 5.04 Å². The number of ether oxygens (including phenoxy) is 1. The fourth-order valence-corrected chi connectivity index (χ4v) is 2.09. The minimum absolute atomic E-state index is 0.203. The zero-order chi connectivity index (χ0) is 13.8. The van der Waals surface area contributed by atoms with Gasteiger partial charge in [-0.1, -0.05) is 27.4 Å². The predicted octanol–water partition coefficient (Wildman–Crippen LogP) is 3.11. The quantitative estimate of drug-likeness (QED) is 0.587. The van der Waals surface area contributed by atoms with Crippen LogP contribution in [0.15, 0.2) is 11.2 Å². The second kappa shape index (κ2) is 5.66. The van der Waals surface area contributed by atoms with E-state index in [9.17, 15) is 0 Å². The highest BCUT2D eigenvalue weighted by atomic mass is 28.4. The van der Waals surface area contributed by atoms with E-state index < -0.39 is 8.32 Å². The molecule has 5 nitrogen and oxygen atoms in total. The molecular formula is C12H22N2O3Si. The van der Waals surface area contributed by atoms with Crippen molar-refractivity contribution in [1.82, 2.24) is 10.3 Å². The van der Waals surface area contributed by atoms with E-state index in [4.69, 9.17) is 9.16 Å². The Morgan fingerprint density at radius 2 is 1.94 bits per heavy atom. The van der Waals surface area contributed by atoms with Crippen molar-refractivity contribution >= 4 is 14.4 Å². The molecule has 0 aliphatic carbocycles. The smallest absolute Gasteiger partial charge is 0.283 e. The highest BCUT2D eigenvalue weighted by Crippen LogP contribution is 2.36. The Kier molecular flexibility index (Phi) is 4.69.